The number of hydrogen-bond donors (Lipinski definition) is 3. The second-order valence-electron chi connectivity index (χ2n) is 7.85. The lowest BCUT2D eigenvalue weighted by Gasteiger charge is -2.27. The van der Waals surface area contributed by atoms with Crippen molar-refractivity contribution in [2.75, 3.05) is 19.4 Å². The summed E-state index contributed by atoms with van der Waals surface area (Å²) in [6, 6.07) is 1.74. The molecule has 8 nitrogen and oxygen atoms in total. The van der Waals surface area contributed by atoms with Crippen molar-refractivity contribution in [1.82, 2.24) is 10.4 Å². The fraction of sp³-hybridized carbons (Fsp3) is 0.500. The van der Waals surface area contributed by atoms with Gasteiger partial charge in [0.25, 0.3) is 11.8 Å². The van der Waals surface area contributed by atoms with Crippen molar-refractivity contribution in [3.05, 3.63) is 21.4 Å². The van der Waals surface area contributed by atoms with Gasteiger partial charge in [-0.2, -0.15) is 0 Å². The second kappa shape index (κ2) is 8.24. The molecule has 1 fully saturated rings. The molecule has 0 aromatic carbocycles. The molecule has 1 saturated carbocycles. The molecule has 3 N–H and O–H groups in total. The second-order valence-corrected chi connectivity index (χ2v) is 11.4. The van der Waals surface area contributed by atoms with Crippen LogP contribution >= 0.6 is 11.3 Å². The number of aliphatic hydroxyl groups excluding tert-OH is 1. The highest BCUT2D eigenvalue weighted by atomic mass is 32.2. The van der Waals surface area contributed by atoms with E-state index in [-0.39, 0.29) is 31.8 Å². The fourth-order valence-corrected chi connectivity index (χ4v) is 5.01. The molecular weight excluding hydrogens is 447 g/mol. The van der Waals surface area contributed by atoms with E-state index in [4.69, 9.17) is 10.3 Å². The van der Waals surface area contributed by atoms with Crippen LogP contribution in [-0.4, -0.2) is 65.3 Å². The van der Waals surface area contributed by atoms with Crippen molar-refractivity contribution in [2.24, 2.45) is 5.92 Å². The number of aliphatic hydroxyl groups is 1. The molecule has 166 valence electrons. The molecule has 1 aliphatic heterocycles. The van der Waals surface area contributed by atoms with Crippen molar-refractivity contribution in [2.45, 2.75) is 36.7 Å². The summed E-state index contributed by atoms with van der Waals surface area (Å²) in [6.45, 7) is 0.917. The molecule has 3 atom stereocenters. The minimum Gasteiger partial charge on any atom is -0.393 e. The van der Waals surface area contributed by atoms with Gasteiger partial charge in [0.1, 0.15) is 5.67 Å². The molecule has 3 rings (SSSR count). The highest BCUT2D eigenvalue weighted by Gasteiger charge is 2.54. The van der Waals surface area contributed by atoms with Gasteiger partial charge in [0, 0.05) is 25.8 Å². The van der Waals surface area contributed by atoms with Crippen molar-refractivity contribution in [3.63, 3.8) is 0 Å². The largest absolute Gasteiger partial charge is 0.393 e. The Morgan fingerprint density at radius 3 is 2.74 bits per heavy atom. The summed E-state index contributed by atoms with van der Waals surface area (Å²) >= 11 is 1.18. The lowest BCUT2D eigenvalue weighted by atomic mass is 10.1. The van der Waals surface area contributed by atoms with Crippen LogP contribution < -0.4 is 5.48 Å². The number of halogens is 1. The highest BCUT2D eigenvalue weighted by molar-refractivity contribution is 7.92. The number of nitrogens with zero attached hydrogens (tertiary/aromatic N) is 1. The molecule has 0 bridgehead atoms. The van der Waals surface area contributed by atoms with E-state index in [0.717, 1.165) is 11.8 Å². The third-order valence-corrected chi connectivity index (χ3v) is 8.78. The number of nitrogens with one attached hydrogen (secondary N) is 1. The van der Waals surface area contributed by atoms with Crippen LogP contribution in [0.2, 0.25) is 0 Å². The highest BCUT2D eigenvalue weighted by Crippen LogP contribution is 2.46. The van der Waals surface area contributed by atoms with E-state index < -0.39 is 38.7 Å². The van der Waals surface area contributed by atoms with E-state index in [9.17, 15) is 22.4 Å². The van der Waals surface area contributed by atoms with E-state index in [1.54, 1.807) is 6.07 Å². The van der Waals surface area contributed by atoms with E-state index in [2.05, 4.69) is 23.7 Å². The molecular formula is C20H21FN2O6S2. The van der Waals surface area contributed by atoms with Gasteiger partial charge in [-0.05, 0) is 42.7 Å². The first-order valence-electron chi connectivity index (χ1n) is 9.32. The van der Waals surface area contributed by atoms with Crippen LogP contribution in [0.5, 0.6) is 0 Å². The van der Waals surface area contributed by atoms with Crippen LogP contribution in [-0.2, 0) is 21.2 Å². The van der Waals surface area contributed by atoms with Crippen molar-refractivity contribution in [3.8, 4) is 23.7 Å². The molecule has 11 heteroatoms. The average molecular weight is 469 g/mol. The Kier molecular flexibility index (Phi) is 6.18. The maximum absolute atomic E-state index is 13.6. The summed E-state index contributed by atoms with van der Waals surface area (Å²) < 4.78 is 35.8. The molecule has 1 aromatic rings. The fourth-order valence-electron chi connectivity index (χ4n) is 3.18. The number of hydrogen-bond acceptors (Lipinski definition) is 7. The maximum Gasteiger partial charge on any atom is 0.264 e. The number of rotatable bonds is 6. The van der Waals surface area contributed by atoms with Crippen LogP contribution in [0.1, 0.15) is 39.9 Å². The minimum atomic E-state index is -3.85. The number of amides is 2. The van der Waals surface area contributed by atoms with Gasteiger partial charge < -0.3 is 10.0 Å². The topological polar surface area (TPSA) is 124 Å². The first-order valence-corrected chi connectivity index (χ1v) is 12.0. The summed E-state index contributed by atoms with van der Waals surface area (Å²) in [5.41, 5.74) is 0.512. The van der Waals surface area contributed by atoms with Crippen molar-refractivity contribution in [1.29, 1.82) is 0 Å². The predicted molar refractivity (Wildman–Crippen MR) is 111 cm³/mol. The van der Waals surface area contributed by atoms with Gasteiger partial charge in [0.15, 0.2) is 14.6 Å². The van der Waals surface area contributed by atoms with Crippen LogP contribution in [0.4, 0.5) is 4.39 Å². The molecule has 0 saturated heterocycles. The Balaban J connectivity index is 1.64. The van der Waals surface area contributed by atoms with Gasteiger partial charge in [-0.1, -0.05) is 5.92 Å². The Morgan fingerprint density at radius 2 is 2.19 bits per heavy atom. The van der Waals surface area contributed by atoms with Gasteiger partial charge in [0.05, 0.1) is 22.3 Å². The van der Waals surface area contributed by atoms with Crippen LogP contribution in [0.15, 0.2) is 6.07 Å². The van der Waals surface area contributed by atoms with E-state index in [1.807, 2.05) is 0 Å². The summed E-state index contributed by atoms with van der Waals surface area (Å²) in [7, 11) is -3.85. The number of hydroxylamine groups is 1. The first-order chi connectivity index (χ1) is 14.4. The lowest BCUT2D eigenvalue weighted by Crippen LogP contribution is -2.50. The summed E-state index contributed by atoms with van der Waals surface area (Å²) in [6.07, 6.45) is 0.930. The van der Waals surface area contributed by atoms with E-state index >= 15 is 0 Å². The smallest absolute Gasteiger partial charge is 0.264 e. The molecule has 31 heavy (non-hydrogen) atoms. The normalized spacial score (nSPS) is 23.7. The van der Waals surface area contributed by atoms with Gasteiger partial charge in [-0.25, -0.2) is 18.3 Å². The third-order valence-electron chi connectivity index (χ3n) is 5.68. The Hall–Kier alpha value is -2.44. The standard InChI is InChI=1S/C20H21FN2O6S2/c1-19(18(26)22-27,31(2,28)29)7-8-23-11-13-9-15(30-16(13)17(23)25)6-4-3-5-14-10-20(14,21)12-24/h9,14,24,27H,7-8,10-12H2,1-2H3,(H,22,26)/t14-,19?,20-/m0/s1. The monoisotopic (exact) mass is 468 g/mol. The summed E-state index contributed by atoms with van der Waals surface area (Å²) in [4.78, 5) is 27.1. The molecule has 1 unspecified atom stereocenters. The number of alkyl halides is 1. The van der Waals surface area contributed by atoms with Gasteiger partial charge in [0.2, 0.25) is 0 Å². The summed E-state index contributed by atoms with van der Waals surface area (Å²) in [5.74, 6) is 8.83. The van der Waals surface area contributed by atoms with E-state index in [0.29, 0.717) is 9.75 Å². The maximum atomic E-state index is 13.6. The Labute approximate surface area is 183 Å². The number of carbonyl (C=O) groups excluding carboxylic acids is 2. The SMILES string of the molecule is CC(CCN1Cc2cc(C#CC#C[C@H]3C[C@]3(F)CO)sc2C1=O)(C(=O)NO)S(C)(=O)=O. The zero-order chi connectivity index (χ0) is 23.0. The van der Waals surface area contributed by atoms with Gasteiger partial charge in [-0.15, -0.1) is 11.3 Å². The van der Waals surface area contributed by atoms with Crippen LogP contribution in [0, 0.1) is 29.6 Å². The summed E-state index contributed by atoms with van der Waals surface area (Å²) in [5, 5.41) is 17.8. The first kappa shape index (κ1) is 23.2. The van der Waals surface area contributed by atoms with Crippen LogP contribution in [0.3, 0.4) is 0 Å². The molecule has 0 radical (unpaired) electrons. The molecule has 1 aliphatic carbocycles. The lowest BCUT2D eigenvalue weighted by molar-refractivity contribution is -0.131. The Morgan fingerprint density at radius 1 is 1.48 bits per heavy atom. The van der Waals surface area contributed by atoms with Crippen molar-refractivity contribution >= 4 is 33.0 Å². The average Bonchev–Trinajstić information content (AvgIpc) is 3.05. The molecule has 2 heterocycles. The minimum absolute atomic E-state index is 0.0148. The van der Waals surface area contributed by atoms with Gasteiger partial charge >= 0.3 is 0 Å². The zero-order valence-corrected chi connectivity index (χ0v) is 18.5. The van der Waals surface area contributed by atoms with E-state index in [1.165, 1.54) is 28.6 Å². The Bertz CT molecular complexity index is 1160. The molecule has 2 amide bonds. The number of fused-ring (bicyclic) bond motifs is 1. The quantitative estimate of drug-likeness (QED) is 0.317. The number of thiophene rings is 1. The number of sulfone groups is 1. The van der Waals surface area contributed by atoms with Crippen molar-refractivity contribution < 1.29 is 32.7 Å². The third kappa shape index (κ3) is 4.46. The predicted octanol–water partition coefficient (Wildman–Crippen LogP) is 0.478. The zero-order valence-electron chi connectivity index (χ0n) is 16.9. The molecule has 1 aromatic heterocycles. The molecule has 2 aliphatic rings. The number of carbonyl (C=O) groups is 2. The van der Waals surface area contributed by atoms with Gasteiger partial charge in [-0.3, -0.25) is 14.8 Å². The van der Waals surface area contributed by atoms with Crippen LogP contribution in [0.25, 0.3) is 0 Å². The molecule has 0 spiro atoms.